The van der Waals surface area contributed by atoms with Gasteiger partial charge in [-0.3, -0.25) is 0 Å². The van der Waals surface area contributed by atoms with Gasteiger partial charge in [0.25, 0.3) is 0 Å². The number of hydrogen-bond acceptors (Lipinski definition) is 3. The summed E-state index contributed by atoms with van der Waals surface area (Å²) >= 11 is 8.00. The molecule has 0 aromatic carbocycles. The van der Waals surface area contributed by atoms with Crippen molar-refractivity contribution in [2.24, 2.45) is 0 Å². The van der Waals surface area contributed by atoms with E-state index in [1.165, 1.54) is 19.3 Å². The lowest BCUT2D eigenvalue weighted by molar-refractivity contribution is 0.537. The maximum Gasteiger partial charge on any atom is 0.136 e. The fraction of sp³-hybridized carbons (Fsp3) is 0.714. The van der Waals surface area contributed by atoms with E-state index in [2.05, 4.69) is 37.7 Å². The first-order chi connectivity index (χ1) is 8.36. The first-order valence-corrected chi connectivity index (χ1v) is 7.90. The number of unbranched alkanes of at least 4 members (excludes halogenated alkanes) is 2. The van der Waals surface area contributed by atoms with Gasteiger partial charge in [-0.05, 0) is 19.1 Å². The molecule has 1 heterocycles. The predicted molar refractivity (Wildman–Crippen MR) is 80.7 cm³/mol. The highest BCUT2D eigenvalue weighted by Gasteiger charge is 2.20. The molecule has 4 heteroatoms. The predicted octanol–water partition coefficient (Wildman–Crippen LogP) is 5.02. The Kier molecular flexibility index (Phi) is 5.93. The maximum absolute atomic E-state index is 6.20. The molecule has 0 unspecified atom stereocenters. The van der Waals surface area contributed by atoms with Crippen LogP contribution in [-0.4, -0.2) is 15.7 Å². The minimum absolute atomic E-state index is 0.0595. The summed E-state index contributed by atoms with van der Waals surface area (Å²) in [6.45, 7) is 10.5. The molecule has 1 aromatic rings. The first-order valence-electron chi connectivity index (χ1n) is 6.53. The Morgan fingerprint density at radius 1 is 1.17 bits per heavy atom. The number of halogens is 1. The largest absolute Gasteiger partial charge is 0.226 e. The molecule has 0 atom stereocenters. The van der Waals surface area contributed by atoms with E-state index in [9.17, 15) is 0 Å². The van der Waals surface area contributed by atoms with E-state index in [-0.39, 0.29) is 5.41 Å². The molecule has 0 aliphatic carbocycles. The molecule has 18 heavy (non-hydrogen) atoms. The second kappa shape index (κ2) is 6.76. The average Bonchev–Trinajstić information content (AvgIpc) is 2.28. The maximum atomic E-state index is 6.20. The van der Waals surface area contributed by atoms with E-state index in [0.717, 1.165) is 22.2 Å². The molecule has 0 amide bonds. The van der Waals surface area contributed by atoms with Gasteiger partial charge in [0.15, 0.2) is 0 Å². The molecular weight excluding hydrogens is 264 g/mol. The third-order valence-corrected chi connectivity index (χ3v) is 4.23. The standard InChI is InChI=1S/C14H23ClN2S/c1-6-7-8-9-18-12-10(2)11(15)16-13(17-12)14(3,4)5/h6-9H2,1-5H3. The third kappa shape index (κ3) is 4.43. The van der Waals surface area contributed by atoms with Crippen molar-refractivity contribution in [2.45, 2.75) is 64.3 Å². The Morgan fingerprint density at radius 2 is 1.83 bits per heavy atom. The van der Waals surface area contributed by atoms with Crippen LogP contribution in [0.25, 0.3) is 0 Å². The van der Waals surface area contributed by atoms with Crippen LogP contribution in [0.2, 0.25) is 5.15 Å². The van der Waals surface area contributed by atoms with Gasteiger partial charge in [0.05, 0.1) is 0 Å². The smallest absolute Gasteiger partial charge is 0.136 e. The van der Waals surface area contributed by atoms with Crippen LogP contribution in [0.1, 0.15) is 58.3 Å². The van der Waals surface area contributed by atoms with Crippen molar-refractivity contribution in [2.75, 3.05) is 5.75 Å². The van der Waals surface area contributed by atoms with Crippen LogP contribution in [0, 0.1) is 6.92 Å². The van der Waals surface area contributed by atoms with E-state index in [1.54, 1.807) is 11.8 Å². The Balaban J connectivity index is 2.86. The highest BCUT2D eigenvalue weighted by atomic mass is 35.5. The Morgan fingerprint density at radius 3 is 2.39 bits per heavy atom. The van der Waals surface area contributed by atoms with Gasteiger partial charge in [-0.25, -0.2) is 9.97 Å². The molecule has 0 saturated heterocycles. The molecule has 102 valence electrons. The van der Waals surface area contributed by atoms with Crippen LogP contribution in [0.15, 0.2) is 5.03 Å². The van der Waals surface area contributed by atoms with Gasteiger partial charge in [0.1, 0.15) is 16.0 Å². The SMILES string of the molecule is CCCCCSc1nc(C(C)(C)C)nc(Cl)c1C. The van der Waals surface area contributed by atoms with Crippen molar-refractivity contribution in [1.29, 1.82) is 0 Å². The normalized spacial score (nSPS) is 11.9. The van der Waals surface area contributed by atoms with Gasteiger partial charge >= 0.3 is 0 Å². The van der Waals surface area contributed by atoms with Gasteiger partial charge in [-0.15, -0.1) is 11.8 Å². The van der Waals surface area contributed by atoms with Crippen LogP contribution in [0.4, 0.5) is 0 Å². The van der Waals surface area contributed by atoms with Crippen LogP contribution >= 0.6 is 23.4 Å². The summed E-state index contributed by atoms with van der Waals surface area (Å²) in [4.78, 5) is 9.06. The zero-order valence-electron chi connectivity index (χ0n) is 12.0. The minimum Gasteiger partial charge on any atom is -0.226 e. The minimum atomic E-state index is -0.0595. The summed E-state index contributed by atoms with van der Waals surface area (Å²) in [5.41, 5.74) is 0.946. The zero-order valence-corrected chi connectivity index (χ0v) is 13.6. The summed E-state index contributed by atoms with van der Waals surface area (Å²) in [7, 11) is 0. The Hall–Kier alpha value is -0.280. The van der Waals surface area contributed by atoms with Crippen LogP contribution in [0.3, 0.4) is 0 Å². The van der Waals surface area contributed by atoms with Gasteiger partial charge in [-0.1, -0.05) is 52.1 Å². The van der Waals surface area contributed by atoms with Gasteiger partial charge in [0, 0.05) is 11.0 Å². The molecule has 0 aliphatic rings. The summed E-state index contributed by atoms with van der Waals surface area (Å²) in [6.07, 6.45) is 3.75. The molecule has 2 nitrogen and oxygen atoms in total. The summed E-state index contributed by atoms with van der Waals surface area (Å²) < 4.78 is 0. The zero-order chi connectivity index (χ0) is 13.8. The van der Waals surface area contributed by atoms with Crippen LogP contribution in [-0.2, 0) is 5.41 Å². The second-order valence-corrected chi connectivity index (χ2v) is 7.02. The van der Waals surface area contributed by atoms with E-state index < -0.39 is 0 Å². The molecule has 0 fully saturated rings. The van der Waals surface area contributed by atoms with Crippen molar-refractivity contribution < 1.29 is 0 Å². The van der Waals surface area contributed by atoms with Crippen molar-refractivity contribution in [1.82, 2.24) is 9.97 Å². The van der Waals surface area contributed by atoms with E-state index >= 15 is 0 Å². The summed E-state index contributed by atoms with van der Waals surface area (Å²) in [5, 5.41) is 1.63. The van der Waals surface area contributed by atoms with Gasteiger partial charge < -0.3 is 0 Å². The van der Waals surface area contributed by atoms with Crippen LogP contribution < -0.4 is 0 Å². The van der Waals surface area contributed by atoms with Crippen molar-refractivity contribution in [3.8, 4) is 0 Å². The summed E-state index contributed by atoms with van der Waals surface area (Å²) in [6, 6.07) is 0. The lowest BCUT2D eigenvalue weighted by Gasteiger charge is -2.18. The number of nitrogens with zero attached hydrogens (tertiary/aromatic N) is 2. The Bertz CT molecular complexity index is 400. The monoisotopic (exact) mass is 286 g/mol. The van der Waals surface area contributed by atoms with Crippen LogP contribution in [0.5, 0.6) is 0 Å². The lowest BCUT2D eigenvalue weighted by Crippen LogP contribution is -2.17. The highest BCUT2D eigenvalue weighted by Crippen LogP contribution is 2.29. The number of rotatable bonds is 5. The number of thioether (sulfide) groups is 1. The highest BCUT2D eigenvalue weighted by molar-refractivity contribution is 7.99. The van der Waals surface area contributed by atoms with E-state index in [0.29, 0.717) is 5.15 Å². The number of hydrogen-bond donors (Lipinski definition) is 0. The van der Waals surface area contributed by atoms with Gasteiger partial charge in [0.2, 0.25) is 0 Å². The summed E-state index contributed by atoms with van der Waals surface area (Å²) in [5.74, 6) is 1.93. The van der Waals surface area contributed by atoms with E-state index in [4.69, 9.17) is 11.6 Å². The molecule has 0 bridgehead atoms. The molecule has 0 radical (unpaired) electrons. The fourth-order valence-corrected chi connectivity index (χ4v) is 2.70. The van der Waals surface area contributed by atoms with Gasteiger partial charge in [-0.2, -0.15) is 0 Å². The lowest BCUT2D eigenvalue weighted by atomic mass is 9.96. The second-order valence-electron chi connectivity index (χ2n) is 5.57. The average molecular weight is 287 g/mol. The van der Waals surface area contributed by atoms with Crippen molar-refractivity contribution in [3.05, 3.63) is 16.5 Å². The molecule has 0 spiro atoms. The molecule has 0 aliphatic heterocycles. The topological polar surface area (TPSA) is 25.8 Å². The molecular formula is C14H23ClN2S. The first kappa shape index (κ1) is 15.8. The van der Waals surface area contributed by atoms with Crippen molar-refractivity contribution in [3.63, 3.8) is 0 Å². The number of aromatic nitrogens is 2. The third-order valence-electron chi connectivity index (χ3n) is 2.70. The quantitative estimate of drug-likeness (QED) is 0.432. The molecule has 0 N–H and O–H groups in total. The Labute approximate surface area is 120 Å². The van der Waals surface area contributed by atoms with E-state index in [1.807, 2.05) is 6.92 Å². The fourth-order valence-electron chi connectivity index (χ4n) is 1.47. The molecule has 0 saturated carbocycles. The van der Waals surface area contributed by atoms with Crippen molar-refractivity contribution >= 4 is 23.4 Å². The molecule has 1 rings (SSSR count). The molecule has 1 aromatic heterocycles.